The van der Waals surface area contributed by atoms with Gasteiger partial charge in [0.25, 0.3) is 0 Å². The van der Waals surface area contributed by atoms with Gasteiger partial charge in [0.1, 0.15) is 0 Å². The second kappa shape index (κ2) is 14.3. The minimum absolute atomic E-state index is 0.129. The molecule has 0 spiro atoms. The summed E-state index contributed by atoms with van der Waals surface area (Å²) >= 11 is 0. The van der Waals surface area contributed by atoms with Gasteiger partial charge in [-0.2, -0.15) is 12.7 Å². The van der Waals surface area contributed by atoms with E-state index in [-0.39, 0.29) is 31.0 Å². The summed E-state index contributed by atoms with van der Waals surface area (Å²) in [7, 11) is -4.64. The van der Waals surface area contributed by atoms with Gasteiger partial charge in [-0.05, 0) is 46.5 Å². The van der Waals surface area contributed by atoms with E-state index in [0.717, 1.165) is 5.06 Å². The van der Waals surface area contributed by atoms with Crippen LogP contribution in [0.2, 0.25) is 0 Å². The number of carbonyl (C=O) groups is 4. The maximum atomic E-state index is 13.1. The van der Waals surface area contributed by atoms with Gasteiger partial charge < -0.3 is 29.5 Å². The second-order valence-corrected chi connectivity index (χ2v) is 12.6. The standard InChI is InChI=1S/C25H42N4O12S/c1-6-37-22(32)25(4,5)14-40-42(35,36)41-29-18-7-8-19(28(13-18)23(29)33)20(30)26-17-9-11-27(12-10-17)24(34)39-15-38-21(31)16(2)3/h16-19,23,33H,6-15H2,1-5H3,(H,26,30)/t18-,19+,23?/m1/s1. The van der Waals surface area contributed by atoms with E-state index in [1.807, 2.05) is 0 Å². The van der Waals surface area contributed by atoms with Crippen LogP contribution in [-0.2, 0) is 47.5 Å². The molecule has 240 valence electrons. The Hall–Kier alpha value is -2.57. The van der Waals surface area contributed by atoms with Crippen molar-refractivity contribution in [1.29, 1.82) is 0 Å². The fraction of sp³-hybridized carbons (Fsp3) is 0.840. The zero-order valence-corrected chi connectivity index (χ0v) is 25.5. The number of piperidine rings is 2. The molecule has 0 aromatic rings. The molecule has 3 rings (SSSR count). The number of hydroxylamine groups is 2. The highest BCUT2D eigenvalue weighted by molar-refractivity contribution is 7.81. The number of likely N-dealkylation sites (tertiary alicyclic amines) is 1. The molecule has 3 heterocycles. The van der Waals surface area contributed by atoms with Crippen molar-refractivity contribution in [3.8, 4) is 0 Å². The number of nitrogens with zero attached hydrogens (tertiary/aromatic N) is 3. The number of aliphatic hydroxyl groups excluding tert-OH is 1. The lowest BCUT2D eigenvalue weighted by atomic mass is 9.95. The normalized spacial score (nSPS) is 25.3. The maximum absolute atomic E-state index is 13.1. The third kappa shape index (κ3) is 8.73. The van der Waals surface area contributed by atoms with Crippen molar-refractivity contribution >= 4 is 34.3 Å². The molecular weight excluding hydrogens is 580 g/mol. The van der Waals surface area contributed by atoms with Crippen LogP contribution in [0.5, 0.6) is 0 Å². The molecule has 3 aliphatic rings. The highest BCUT2D eigenvalue weighted by atomic mass is 32.3. The Morgan fingerprint density at radius 1 is 1.02 bits per heavy atom. The van der Waals surface area contributed by atoms with Gasteiger partial charge >= 0.3 is 28.4 Å². The molecule has 2 bridgehead atoms. The van der Waals surface area contributed by atoms with E-state index in [1.165, 1.54) is 23.6 Å². The third-order valence-electron chi connectivity index (χ3n) is 7.31. The zero-order chi connectivity index (χ0) is 31.2. The molecule has 0 aromatic heterocycles. The summed E-state index contributed by atoms with van der Waals surface area (Å²) in [4.78, 5) is 51.8. The lowest BCUT2D eigenvalue weighted by Crippen LogP contribution is -2.55. The Morgan fingerprint density at radius 2 is 1.69 bits per heavy atom. The van der Waals surface area contributed by atoms with Gasteiger partial charge in [0.05, 0.1) is 36.6 Å². The summed E-state index contributed by atoms with van der Waals surface area (Å²) in [5.74, 6) is -1.77. The van der Waals surface area contributed by atoms with Gasteiger partial charge in [-0.1, -0.05) is 13.8 Å². The Morgan fingerprint density at radius 3 is 2.31 bits per heavy atom. The summed E-state index contributed by atoms with van der Waals surface area (Å²) in [6, 6.07) is -1.45. The predicted octanol–water partition coefficient (Wildman–Crippen LogP) is 0.0671. The van der Waals surface area contributed by atoms with E-state index in [0.29, 0.717) is 38.8 Å². The van der Waals surface area contributed by atoms with Gasteiger partial charge in [-0.25, -0.2) is 8.98 Å². The minimum Gasteiger partial charge on any atom is -0.466 e. The van der Waals surface area contributed by atoms with Crippen LogP contribution in [-0.4, -0.2) is 116 Å². The van der Waals surface area contributed by atoms with Crippen molar-refractivity contribution in [1.82, 2.24) is 20.2 Å². The lowest BCUT2D eigenvalue weighted by molar-refractivity contribution is -0.202. The molecular formula is C25H42N4O12S. The van der Waals surface area contributed by atoms with Crippen LogP contribution in [0.25, 0.3) is 0 Å². The highest BCUT2D eigenvalue weighted by Crippen LogP contribution is 2.33. The van der Waals surface area contributed by atoms with Crippen molar-refractivity contribution in [3.05, 3.63) is 0 Å². The zero-order valence-electron chi connectivity index (χ0n) is 24.6. The number of carbonyl (C=O) groups excluding carboxylic acids is 4. The first-order chi connectivity index (χ1) is 19.6. The van der Waals surface area contributed by atoms with Crippen molar-refractivity contribution in [2.24, 2.45) is 11.3 Å². The van der Waals surface area contributed by atoms with E-state index >= 15 is 0 Å². The fourth-order valence-electron chi connectivity index (χ4n) is 4.79. The fourth-order valence-corrected chi connectivity index (χ4v) is 5.68. The summed E-state index contributed by atoms with van der Waals surface area (Å²) < 4.78 is 49.7. The molecule has 3 fully saturated rings. The van der Waals surface area contributed by atoms with Crippen LogP contribution in [0, 0.1) is 11.3 Å². The van der Waals surface area contributed by atoms with E-state index in [4.69, 9.17) is 22.7 Å². The number of hydrogen-bond donors (Lipinski definition) is 2. The number of nitrogens with one attached hydrogen (secondary N) is 1. The molecule has 4 atom stereocenters. The predicted molar refractivity (Wildman–Crippen MR) is 143 cm³/mol. The Bertz CT molecular complexity index is 1090. The average Bonchev–Trinajstić information content (AvgIpc) is 3.16. The summed E-state index contributed by atoms with van der Waals surface area (Å²) in [6.45, 7) is 7.88. The Labute approximate surface area is 245 Å². The number of ether oxygens (including phenoxy) is 3. The van der Waals surface area contributed by atoms with Crippen LogP contribution in [0.1, 0.15) is 60.3 Å². The molecule has 16 nitrogen and oxygen atoms in total. The largest absolute Gasteiger partial charge is 0.466 e. The number of esters is 2. The van der Waals surface area contributed by atoms with E-state index in [1.54, 1.807) is 20.8 Å². The molecule has 3 aliphatic heterocycles. The van der Waals surface area contributed by atoms with Gasteiger partial charge in [0, 0.05) is 25.7 Å². The van der Waals surface area contributed by atoms with Crippen LogP contribution in [0.4, 0.5) is 4.79 Å². The van der Waals surface area contributed by atoms with Crippen LogP contribution < -0.4 is 5.32 Å². The molecule has 0 aliphatic carbocycles. The van der Waals surface area contributed by atoms with Crippen molar-refractivity contribution in [3.63, 3.8) is 0 Å². The minimum atomic E-state index is -4.64. The molecule has 3 saturated heterocycles. The van der Waals surface area contributed by atoms with Gasteiger partial charge in [-0.15, -0.1) is 5.06 Å². The molecule has 17 heteroatoms. The van der Waals surface area contributed by atoms with E-state index in [9.17, 15) is 32.7 Å². The number of rotatable bonds is 12. The topological polar surface area (TPSA) is 191 Å². The Balaban J connectivity index is 1.46. The first kappa shape index (κ1) is 33.9. The van der Waals surface area contributed by atoms with Crippen LogP contribution in [0.3, 0.4) is 0 Å². The van der Waals surface area contributed by atoms with Crippen molar-refractivity contribution in [2.75, 3.05) is 39.6 Å². The molecule has 2 amide bonds. The van der Waals surface area contributed by atoms with Crippen LogP contribution in [0.15, 0.2) is 0 Å². The van der Waals surface area contributed by atoms with E-state index < -0.39 is 65.7 Å². The summed E-state index contributed by atoms with van der Waals surface area (Å²) in [5.41, 5.74) is -1.25. The lowest BCUT2D eigenvalue weighted by Gasteiger charge is -2.35. The van der Waals surface area contributed by atoms with Crippen molar-refractivity contribution < 1.29 is 55.4 Å². The maximum Gasteiger partial charge on any atom is 0.416 e. The molecule has 2 N–H and O–H groups in total. The first-order valence-electron chi connectivity index (χ1n) is 14.0. The van der Waals surface area contributed by atoms with Gasteiger partial charge in [-0.3, -0.25) is 19.3 Å². The smallest absolute Gasteiger partial charge is 0.416 e. The summed E-state index contributed by atoms with van der Waals surface area (Å²) in [6.07, 6.45) is -0.468. The molecule has 0 radical (unpaired) electrons. The van der Waals surface area contributed by atoms with Gasteiger partial charge in [0.15, 0.2) is 6.35 Å². The quantitative estimate of drug-likeness (QED) is 0.219. The third-order valence-corrected chi connectivity index (χ3v) is 8.07. The monoisotopic (exact) mass is 622 g/mol. The molecule has 42 heavy (non-hydrogen) atoms. The summed E-state index contributed by atoms with van der Waals surface area (Å²) in [5, 5.41) is 14.7. The number of fused-ring (bicyclic) bond motifs is 2. The Kier molecular flexibility index (Phi) is 11.5. The van der Waals surface area contributed by atoms with E-state index in [2.05, 4.69) is 5.32 Å². The number of hydrogen-bond acceptors (Lipinski definition) is 14. The SMILES string of the molecule is CCOC(=O)C(C)(C)COS(=O)(=O)ON1C(O)N2C[C@H]1CC[C@H]2C(=O)NC1CCN(C(=O)OCOC(=O)C(C)C)CC1. The number of aliphatic hydroxyl groups is 1. The highest BCUT2D eigenvalue weighted by Gasteiger charge is 2.50. The van der Waals surface area contributed by atoms with Gasteiger partial charge in [0.2, 0.25) is 12.7 Å². The molecule has 0 saturated carbocycles. The first-order valence-corrected chi connectivity index (χ1v) is 15.4. The molecule has 2 unspecified atom stereocenters. The second-order valence-electron chi connectivity index (χ2n) is 11.4. The average molecular weight is 623 g/mol. The molecule has 0 aromatic carbocycles. The van der Waals surface area contributed by atoms with Crippen molar-refractivity contribution in [2.45, 2.75) is 84.8 Å². The van der Waals surface area contributed by atoms with Crippen LogP contribution >= 0.6 is 0 Å². The number of amides is 2.